The van der Waals surface area contributed by atoms with E-state index in [4.69, 9.17) is 26.8 Å². The van der Waals surface area contributed by atoms with Crippen molar-refractivity contribution in [3.8, 4) is 11.1 Å². The van der Waals surface area contributed by atoms with Crippen LogP contribution in [0, 0.1) is 5.92 Å². The summed E-state index contributed by atoms with van der Waals surface area (Å²) >= 11 is 6.16. The smallest absolute Gasteiger partial charge is 0.226 e. The molecule has 2 fully saturated rings. The van der Waals surface area contributed by atoms with Gasteiger partial charge in [-0.1, -0.05) is 30.3 Å². The molecule has 1 saturated heterocycles. The summed E-state index contributed by atoms with van der Waals surface area (Å²) < 4.78 is 14.4. The fourth-order valence-corrected chi connectivity index (χ4v) is 4.92. The lowest BCUT2D eigenvalue weighted by Gasteiger charge is -2.24. The molecule has 2 aromatic heterocycles. The summed E-state index contributed by atoms with van der Waals surface area (Å²) in [6.45, 7) is 3.84. The number of ether oxygens (including phenoxy) is 2. The molecule has 0 amide bonds. The third kappa shape index (κ3) is 3.00. The average Bonchev–Trinajstić information content (AvgIpc) is 3.30. The second kappa shape index (κ2) is 6.67. The minimum Gasteiger partial charge on any atom is -0.396 e. The molecule has 2 aliphatic rings. The van der Waals surface area contributed by atoms with Gasteiger partial charge in [-0.2, -0.15) is 4.98 Å². The van der Waals surface area contributed by atoms with Gasteiger partial charge in [-0.15, -0.1) is 0 Å². The molecule has 152 valence electrons. The molecule has 1 aliphatic carbocycles. The van der Waals surface area contributed by atoms with E-state index in [-0.39, 0.29) is 36.1 Å². The van der Waals surface area contributed by atoms with Gasteiger partial charge < -0.3 is 24.9 Å². The predicted molar refractivity (Wildman–Crippen MR) is 110 cm³/mol. The Bertz CT molecular complexity index is 1070. The number of aliphatic hydroxyl groups excluding tert-OH is 1. The molecule has 0 spiro atoms. The highest BCUT2D eigenvalue weighted by Gasteiger charge is 2.54. The van der Waals surface area contributed by atoms with Crippen molar-refractivity contribution >= 4 is 28.5 Å². The number of fused-ring (bicyclic) bond motifs is 2. The molecule has 8 heteroatoms. The van der Waals surface area contributed by atoms with Crippen LogP contribution in [0.25, 0.3) is 22.2 Å². The number of hydrogen-bond acceptors (Lipinski definition) is 6. The number of hydrogen-bond donors (Lipinski definition) is 2. The van der Waals surface area contributed by atoms with E-state index in [9.17, 15) is 5.11 Å². The normalized spacial score (nSPS) is 28.1. The zero-order chi connectivity index (χ0) is 20.3. The van der Waals surface area contributed by atoms with E-state index >= 15 is 0 Å². The van der Waals surface area contributed by atoms with Crippen LogP contribution in [0.5, 0.6) is 0 Å². The van der Waals surface area contributed by atoms with Gasteiger partial charge >= 0.3 is 0 Å². The number of nitrogens with zero attached hydrogens (tertiary/aromatic N) is 3. The summed E-state index contributed by atoms with van der Waals surface area (Å²) in [5.74, 6) is -0.369. The second-order valence-electron chi connectivity index (χ2n) is 8.20. The van der Waals surface area contributed by atoms with Crippen molar-refractivity contribution in [1.82, 2.24) is 14.5 Å². The first kappa shape index (κ1) is 18.8. The number of nitrogens with two attached hydrogens (primary N) is 1. The Morgan fingerprint density at radius 1 is 1.21 bits per heavy atom. The van der Waals surface area contributed by atoms with Crippen molar-refractivity contribution < 1.29 is 14.6 Å². The van der Waals surface area contributed by atoms with Gasteiger partial charge in [-0.05, 0) is 37.4 Å². The minimum atomic E-state index is -0.696. The third-order valence-electron chi connectivity index (χ3n) is 5.90. The largest absolute Gasteiger partial charge is 0.396 e. The Balaban J connectivity index is 1.70. The van der Waals surface area contributed by atoms with Gasteiger partial charge in [0, 0.05) is 24.3 Å². The van der Waals surface area contributed by atoms with Crippen LogP contribution >= 0.6 is 11.6 Å². The van der Waals surface area contributed by atoms with Gasteiger partial charge in [-0.3, -0.25) is 0 Å². The molecule has 7 nitrogen and oxygen atoms in total. The summed E-state index contributed by atoms with van der Waals surface area (Å²) in [7, 11) is 0. The van der Waals surface area contributed by atoms with Crippen LogP contribution < -0.4 is 5.73 Å². The van der Waals surface area contributed by atoms with E-state index < -0.39 is 5.79 Å². The highest BCUT2D eigenvalue weighted by Crippen LogP contribution is 2.48. The molecule has 3 N–H and O–H groups in total. The molecule has 4 atom stereocenters. The van der Waals surface area contributed by atoms with E-state index in [1.165, 1.54) is 0 Å². The Morgan fingerprint density at radius 3 is 2.66 bits per heavy atom. The van der Waals surface area contributed by atoms with E-state index in [2.05, 4.69) is 14.5 Å². The van der Waals surface area contributed by atoms with Gasteiger partial charge in [0.05, 0.1) is 17.5 Å². The zero-order valence-corrected chi connectivity index (χ0v) is 17.0. The SMILES string of the molecule is CC1(C)O[C@@H]2[C@@H](CO)C[C@@H](n3cc(-c4ccccc4)c4c(N)nc(Cl)nc43)[C@@H]2O1. The second-order valence-corrected chi connectivity index (χ2v) is 8.54. The first-order chi connectivity index (χ1) is 13.9. The first-order valence-electron chi connectivity index (χ1n) is 9.73. The molecule has 0 unspecified atom stereocenters. The van der Waals surface area contributed by atoms with Crippen molar-refractivity contribution in [2.45, 2.75) is 44.3 Å². The van der Waals surface area contributed by atoms with Crippen molar-refractivity contribution in [3.05, 3.63) is 41.8 Å². The van der Waals surface area contributed by atoms with Crippen LogP contribution in [0.3, 0.4) is 0 Å². The van der Waals surface area contributed by atoms with Crippen LogP contribution in [-0.4, -0.2) is 44.2 Å². The number of rotatable bonds is 3. The molecular formula is C21H23ClN4O3. The lowest BCUT2D eigenvalue weighted by Crippen LogP contribution is -2.27. The Morgan fingerprint density at radius 2 is 1.93 bits per heavy atom. The number of aliphatic hydroxyl groups is 1. The molecule has 29 heavy (non-hydrogen) atoms. The maximum absolute atomic E-state index is 9.92. The van der Waals surface area contributed by atoms with Gasteiger partial charge in [0.2, 0.25) is 5.28 Å². The molecule has 1 aliphatic heterocycles. The van der Waals surface area contributed by atoms with Crippen LogP contribution in [0.2, 0.25) is 5.28 Å². The van der Waals surface area contributed by atoms with Gasteiger partial charge in [0.25, 0.3) is 0 Å². The highest BCUT2D eigenvalue weighted by atomic mass is 35.5. The number of aromatic nitrogens is 3. The maximum atomic E-state index is 9.92. The summed E-state index contributed by atoms with van der Waals surface area (Å²) in [6, 6.07) is 9.92. The fourth-order valence-electron chi connectivity index (χ4n) is 4.75. The minimum absolute atomic E-state index is 0.0148. The van der Waals surface area contributed by atoms with Gasteiger partial charge in [0.1, 0.15) is 17.6 Å². The van der Waals surface area contributed by atoms with E-state index in [1.807, 2.05) is 50.4 Å². The predicted octanol–water partition coefficient (Wildman–Crippen LogP) is 3.41. The number of nitrogen functional groups attached to an aromatic ring is 1. The molecule has 1 saturated carbocycles. The summed E-state index contributed by atoms with van der Waals surface area (Å²) in [5, 5.41) is 10.8. The molecular weight excluding hydrogens is 392 g/mol. The van der Waals surface area contributed by atoms with E-state index in [0.717, 1.165) is 16.5 Å². The lowest BCUT2D eigenvalue weighted by atomic mass is 10.1. The summed E-state index contributed by atoms with van der Waals surface area (Å²) in [6.07, 6.45) is 2.38. The summed E-state index contributed by atoms with van der Waals surface area (Å²) in [5.41, 5.74) is 8.89. The Labute approximate surface area is 173 Å². The van der Waals surface area contributed by atoms with Crippen LogP contribution in [0.4, 0.5) is 5.82 Å². The zero-order valence-electron chi connectivity index (χ0n) is 16.2. The molecule has 3 aromatic rings. The Hall–Kier alpha value is -2.19. The Kier molecular flexibility index (Phi) is 4.33. The molecule has 5 rings (SSSR count). The van der Waals surface area contributed by atoms with Crippen molar-refractivity contribution in [2.75, 3.05) is 12.3 Å². The molecule has 1 aromatic carbocycles. The monoisotopic (exact) mass is 414 g/mol. The van der Waals surface area contributed by atoms with Crippen LogP contribution in [0.15, 0.2) is 36.5 Å². The van der Waals surface area contributed by atoms with Crippen molar-refractivity contribution in [2.24, 2.45) is 5.92 Å². The van der Waals surface area contributed by atoms with E-state index in [1.54, 1.807) is 0 Å². The maximum Gasteiger partial charge on any atom is 0.226 e. The quantitative estimate of drug-likeness (QED) is 0.637. The van der Waals surface area contributed by atoms with Crippen LogP contribution in [0.1, 0.15) is 26.3 Å². The van der Waals surface area contributed by atoms with Crippen molar-refractivity contribution in [1.29, 1.82) is 0 Å². The number of benzene rings is 1. The van der Waals surface area contributed by atoms with Crippen LogP contribution in [-0.2, 0) is 9.47 Å². The highest BCUT2D eigenvalue weighted by molar-refractivity contribution is 6.29. The average molecular weight is 415 g/mol. The first-order valence-corrected chi connectivity index (χ1v) is 10.1. The van der Waals surface area contributed by atoms with E-state index in [0.29, 0.717) is 17.9 Å². The number of halogens is 1. The van der Waals surface area contributed by atoms with Gasteiger partial charge in [0.15, 0.2) is 5.79 Å². The lowest BCUT2D eigenvalue weighted by molar-refractivity contribution is -0.161. The van der Waals surface area contributed by atoms with Gasteiger partial charge in [-0.25, -0.2) is 4.98 Å². The number of anilines is 1. The summed E-state index contributed by atoms with van der Waals surface area (Å²) in [4.78, 5) is 8.68. The molecule has 3 heterocycles. The third-order valence-corrected chi connectivity index (χ3v) is 6.07. The molecule has 0 radical (unpaired) electrons. The molecule has 0 bridgehead atoms. The standard InChI is InChI=1S/C21H23ClN4O3/c1-21(2)28-16-12(10-27)8-14(17(16)29-21)26-9-13(11-6-4-3-5-7-11)15-18(23)24-20(22)25-19(15)26/h3-7,9,12,14,16-17,27H,8,10H2,1-2H3,(H2,23,24,25)/t12-,14-,16-,17+/m1/s1. The fraction of sp³-hybridized carbons (Fsp3) is 0.429. The van der Waals surface area contributed by atoms with Crippen molar-refractivity contribution in [3.63, 3.8) is 0 Å². The topological polar surface area (TPSA) is 95.4 Å².